The van der Waals surface area contributed by atoms with Gasteiger partial charge in [0, 0.05) is 12.1 Å². The molecule has 0 saturated carbocycles. The SMILES string of the molecule is C#CC(CCC)NCc1cccc(C)c1O. The molecule has 1 rings (SSSR count). The lowest BCUT2D eigenvalue weighted by molar-refractivity contribution is 0.456. The zero-order valence-electron chi connectivity index (χ0n) is 9.96. The number of aromatic hydroxyl groups is 1. The van der Waals surface area contributed by atoms with E-state index in [1.165, 1.54) is 0 Å². The smallest absolute Gasteiger partial charge is 0.122 e. The van der Waals surface area contributed by atoms with E-state index in [-0.39, 0.29) is 6.04 Å². The van der Waals surface area contributed by atoms with Crippen LogP contribution in [0.5, 0.6) is 5.75 Å². The monoisotopic (exact) mass is 217 g/mol. The van der Waals surface area contributed by atoms with Gasteiger partial charge in [-0.25, -0.2) is 0 Å². The van der Waals surface area contributed by atoms with E-state index in [0.29, 0.717) is 12.3 Å². The Labute approximate surface area is 97.7 Å². The van der Waals surface area contributed by atoms with Crippen LogP contribution in [0.25, 0.3) is 0 Å². The third-order valence-electron chi connectivity index (χ3n) is 2.64. The maximum atomic E-state index is 9.82. The van der Waals surface area contributed by atoms with Crippen LogP contribution in [-0.2, 0) is 6.54 Å². The van der Waals surface area contributed by atoms with E-state index >= 15 is 0 Å². The molecule has 0 spiro atoms. The van der Waals surface area contributed by atoms with E-state index < -0.39 is 0 Å². The lowest BCUT2D eigenvalue weighted by Gasteiger charge is -2.13. The van der Waals surface area contributed by atoms with Gasteiger partial charge < -0.3 is 5.11 Å². The number of nitrogens with one attached hydrogen (secondary N) is 1. The molecule has 2 heteroatoms. The third-order valence-corrected chi connectivity index (χ3v) is 2.64. The van der Waals surface area contributed by atoms with Crippen LogP contribution in [-0.4, -0.2) is 11.1 Å². The van der Waals surface area contributed by atoms with E-state index in [4.69, 9.17) is 6.42 Å². The average molecular weight is 217 g/mol. The molecule has 0 aromatic heterocycles. The molecule has 2 N–H and O–H groups in total. The van der Waals surface area contributed by atoms with Crippen molar-refractivity contribution in [2.45, 2.75) is 39.3 Å². The Morgan fingerprint density at radius 2 is 2.25 bits per heavy atom. The van der Waals surface area contributed by atoms with Crippen molar-refractivity contribution < 1.29 is 5.11 Å². The lowest BCUT2D eigenvalue weighted by atomic mass is 10.1. The Morgan fingerprint density at radius 3 is 2.88 bits per heavy atom. The van der Waals surface area contributed by atoms with Crippen molar-refractivity contribution in [2.24, 2.45) is 0 Å². The van der Waals surface area contributed by atoms with Crippen molar-refractivity contribution in [1.82, 2.24) is 5.32 Å². The maximum Gasteiger partial charge on any atom is 0.122 e. The fourth-order valence-corrected chi connectivity index (χ4v) is 1.63. The second kappa shape index (κ2) is 6.19. The van der Waals surface area contributed by atoms with Gasteiger partial charge in [-0.15, -0.1) is 6.42 Å². The van der Waals surface area contributed by atoms with Crippen molar-refractivity contribution in [3.63, 3.8) is 0 Å². The first kappa shape index (κ1) is 12.6. The molecule has 16 heavy (non-hydrogen) atoms. The van der Waals surface area contributed by atoms with Gasteiger partial charge in [0.25, 0.3) is 0 Å². The summed E-state index contributed by atoms with van der Waals surface area (Å²) in [5, 5.41) is 13.1. The molecule has 1 aromatic carbocycles. The second-order valence-electron chi connectivity index (χ2n) is 3.97. The van der Waals surface area contributed by atoms with Gasteiger partial charge in [-0.2, -0.15) is 0 Å². The molecular weight excluding hydrogens is 198 g/mol. The van der Waals surface area contributed by atoms with Crippen molar-refractivity contribution in [1.29, 1.82) is 0 Å². The minimum Gasteiger partial charge on any atom is -0.507 e. The van der Waals surface area contributed by atoms with Gasteiger partial charge in [-0.3, -0.25) is 5.32 Å². The largest absolute Gasteiger partial charge is 0.507 e. The quantitative estimate of drug-likeness (QED) is 0.743. The summed E-state index contributed by atoms with van der Waals surface area (Å²) in [6.45, 7) is 4.61. The van der Waals surface area contributed by atoms with Crippen LogP contribution in [0.3, 0.4) is 0 Å². The molecule has 0 bridgehead atoms. The predicted octanol–water partition coefficient (Wildman–Crippen LogP) is 2.59. The number of benzene rings is 1. The highest BCUT2D eigenvalue weighted by Crippen LogP contribution is 2.21. The van der Waals surface area contributed by atoms with E-state index in [1.54, 1.807) is 0 Å². The zero-order valence-corrected chi connectivity index (χ0v) is 9.96. The van der Waals surface area contributed by atoms with Crippen LogP contribution in [0, 0.1) is 19.3 Å². The summed E-state index contributed by atoms with van der Waals surface area (Å²) in [5.74, 6) is 3.08. The van der Waals surface area contributed by atoms with Gasteiger partial charge in [-0.05, 0) is 18.9 Å². The number of phenols is 1. The highest BCUT2D eigenvalue weighted by atomic mass is 16.3. The normalized spacial score (nSPS) is 12.1. The van der Waals surface area contributed by atoms with Crippen molar-refractivity contribution in [2.75, 3.05) is 0 Å². The number of rotatable bonds is 5. The molecule has 1 atom stereocenters. The molecule has 0 heterocycles. The van der Waals surface area contributed by atoms with Gasteiger partial charge in [0.05, 0.1) is 6.04 Å². The minimum absolute atomic E-state index is 0.0879. The first-order chi connectivity index (χ1) is 7.69. The zero-order chi connectivity index (χ0) is 12.0. The first-order valence-corrected chi connectivity index (χ1v) is 5.66. The first-order valence-electron chi connectivity index (χ1n) is 5.66. The minimum atomic E-state index is 0.0879. The molecule has 0 aliphatic rings. The Morgan fingerprint density at radius 1 is 1.50 bits per heavy atom. The van der Waals surface area contributed by atoms with Gasteiger partial charge in [0.15, 0.2) is 0 Å². The molecule has 0 fully saturated rings. The van der Waals surface area contributed by atoms with Crippen molar-refractivity contribution in [3.05, 3.63) is 29.3 Å². The van der Waals surface area contributed by atoms with Crippen molar-refractivity contribution in [3.8, 4) is 18.1 Å². The molecular formula is C14H19NO. The number of hydrogen-bond acceptors (Lipinski definition) is 2. The van der Waals surface area contributed by atoms with Gasteiger partial charge in [0.1, 0.15) is 5.75 Å². The molecule has 0 saturated heterocycles. The Balaban J connectivity index is 2.61. The molecule has 1 unspecified atom stereocenters. The van der Waals surface area contributed by atoms with E-state index in [2.05, 4.69) is 18.2 Å². The molecule has 0 aliphatic carbocycles. The summed E-state index contributed by atoms with van der Waals surface area (Å²) in [6.07, 6.45) is 7.43. The standard InChI is InChI=1S/C14H19NO/c1-4-7-13(5-2)15-10-12-9-6-8-11(3)14(12)16/h2,6,8-9,13,15-16H,4,7,10H2,1,3H3. The third kappa shape index (κ3) is 3.29. The average Bonchev–Trinajstić information content (AvgIpc) is 2.29. The summed E-state index contributed by atoms with van der Waals surface area (Å²) in [4.78, 5) is 0. The summed E-state index contributed by atoms with van der Waals surface area (Å²) >= 11 is 0. The van der Waals surface area contributed by atoms with E-state index in [1.807, 2.05) is 25.1 Å². The van der Waals surface area contributed by atoms with Crippen LogP contribution in [0.15, 0.2) is 18.2 Å². The summed E-state index contributed by atoms with van der Waals surface area (Å²) in [7, 11) is 0. The number of phenolic OH excluding ortho intramolecular Hbond substituents is 1. The summed E-state index contributed by atoms with van der Waals surface area (Å²) < 4.78 is 0. The number of terminal acetylenes is 1. The Bertz CT molecular complexity index is 379. The number of hydrogen-bond donors (Lipinski definition) is 2. The molecule has 0 radical (unpaired) electrons. The predicted molar refractivity (Wildman–Crippen MR) is 67.2 cm³/mol. The Hall–Kier alpha value is -1.46. The molecule has 86 valence electrons. The van der Waals surface area contributed by atoms with Crippen LogP contribution >= 0.6 is 0 Å². The fraction of sp³-hybridized carbons (Fsp3) is 0.429. The van der Waals surface area contributed by atoms with Crippen LogP contribution in [0.2, 0.25) is 0 Å². The summed E-state index contributed by atoms with van der Waals surface area (Å²) in [6, 6.07) is 5.83. The maximum absolute atomic E-state index is 9.82. The molecule has 2 nitrogen and oxygen atoms in total. The van der Waals surface area contributed by atoms with Gasteiger partial charge in [-0.1, -0.05) is 37.5 Å². The number of aryl methyl sites for hydroxylation is 1. The molecule has 0 aliphatic heterocycles. The van der Waals surface area contributed by atoms with Gasteiger partial charge in [0.2, 0.25) is 0 Å². The summed E-state index contributed by atoms with van der Waals surface area (Å²) in [5.41, 5.74) is 1.79. The van der Waals surface area contributed by atoms with Crippen LogP contribution < -0.4 is 5.32 Å². The number of para-hydroxylation sites is 1. The molecule has 0 amide bonds. The highest BCUT2D eigenvalue weighted by Gasteiger charge is 2.06. The van der Waals surface area contributed by atoms with Crippen LogP contribution in [0.4, 0.5) is 0 Å². The lowest BCUT2D eigenvalue weighted by Crippen LogP contribution is -2.26. The van der Waals surface area contributed by atoms with E-state index in [0.717, 1.165) is 24.0 Å². The molecule has 1 aromatic rings. The van der Waals surface area contributed by atoms with Gasteiger partial charge >= 0.3 is 0 Å². The topological polar surface area (TPSA) is 32.3 Å². The van der Waals surface area contributed by atoms with E-state index in [9.17, 15) is 5.11 Å². The second-order valence-corrected chi connectivity index (χ2v) is 3.97. The van der Waals surface area contributed by atoms with Crippen molar-refractivity contribution >= 4 is 0 Å². The Kier molecular flexibility index (Phi) is 4.88. The van der Waals surface area contributed by atoms with Crippen LogP contribution in [0.1, 0.15) is 30.9 Å². The highest BCUT2D eigenvalue weighted by molar-refractivity contribution is 5.39. The fourth-order valence-electron chi connectivity index (χ4n) is 1.63.